The van der Waals surface area contributed by atoms with Crippen LogP contribution < -0.4 is 0 Å². The number of amides is 1. The van der Waals surface area contributed by atoms with E-state index in [9.17, 15) is 4.79 Å². The SMILES string of the molecule is Cc1c(Cl)ccc(CC2(C)CCN(C3(O[Si](C)C)CCC(C(C)(C)C)CC3)C2=O)c1Cl. The number of hydrogen-bond donors (Lipinski definition) is 0. The lowest BCUT2D eigenvalue weighted by molar-refractivity contribution is -0.163. The minimum Gasteiger partial charge on any atom is -0.395 e. The third kappa shape index (κ3) is 5.02. The molecule has 1 atom stereocenters. The van der Waals surface area contributed by atoms with Gasteiger partial charge in [-0.05, 0) is 87.1 Å². The first kappa shape index (κ1) is 25.1. The van der Waals surface area contributed by atoms with Crippen molar-refractivity contribution in [2.24, 2.45) is 16.7 Å². The molecule has 3 nitrogen and oxygen atoms in total. The van der Waals surface area contributed by atoms with Crippen LogP contribution in [0.2, 0.25) is 23.1 Å². The van der Waals surface area contributed by atoms with Gasteiger partial charge in [0.2, 0.25) is 14.9 Å². The van der Waals surface area contributed by atoms with E-state index in [4.69, 9.17) is 27.6 Å². The number of halogens is 2. The van der Waals surface area contributed by atoms with Gasteiger partial charge in [0.05, 0.1) is 5.41 Å². The molecule has 2 fully saturated rings. The van der Waals surface area contributed by atoms with E-state index in [0.717, 1.165) is 49.8 Å². The molecular formula is C25H38Cl2NO2Si. The molecule has 0 bridgehead atoms. The first-order valence-electron chi connectivity index (χ1n) is 11.5. The number of benzene rings is 1. The van der Waals surface area contributed by atoms with Crippen LogP contribution in [0.3, 0.4) is 0 Å². The standard InChI is InChI=1S/C25H38Cl2NO2Si/c1-17-20(26)9-8-18(21(17)27)16-24(5)14-15-28(22(24)29)25(30-31(6)7)12-10-19(11-13-25)23(2,3)4/h8-9,19H,10-16H2,1-7H3. The summed E-state index contributed by atoms with van der Waals surface area (Å²) in [7, 11) is -0.945. The van der Waals surface area contributed by atoms with Crippen LogP contribution in [-0.4, -0.2) is 32.1 Å². The molecule has 31 heavy (non-hydrogen) atoms. The van der Waals surface area contributed by atoms with E-state index < -0.39 is 20.2 Å². The highest BCUT2D eigenvalue weighted by Crippen LogP contribution is 2.48. The highest BCUT2D eigenvalue weighted by atomic mass is 35.5. The molecule has 1 aromatic rings. The van der Waals surface area contributed by atoms with Crippen LogP contribution in [0.15, 0.2) is 12.1 Å². The van der Waals surface area contributed by atoms with Gasteiger partial charge >= 0.3 is 0 Å². The summed E-state index contributed by atoms with van der Waals surface area (Å²) in [4.78, 5) is 15.9. The van der Waals surface area contributed by atoms with Gasteiger partial charge in [-0.25, -0.2) is 0 Å². The zero-order chi connectivity index (χ0) is 23.2. The number of likely N-dealkylation sites (tertiary alicyclic amines) is 1. The van der Waals surface area contributed by atoms with Gasteiger partial charge in [0, 0.05) is 16.6 Å². The van der Waals surface area contributed by atoms with Crippen LogP contribution in [0, 0.1) is 23.7 Å². The average molecular weight is 484 g/mol. The molecule has 1 amide bonds. The van der Waals surface area contributed by atoms with Gasteiger partial charge in [0.25, 0.3) is 0 Å². The Labute approximate surface area is 200 Å². The van der Waals surface area contributed by atoms with Crippen molar-refractivity contribution in [1.29, 1.82) is 0 Å². The Hall–Kier alpha value is -0.553. The predicted molar refractivity (Wildman–Crippen MR) is 132 cm³/mol. The van der Waals surface area contributed by atoms with E-state index in [-0.39, 0.29) is 5.91 Å². The summed E-state index contributed by atoms with van der Waals surface area (Å²) in [5.41, 5.74) is 1.29. The molecule has 1 radical (unpaired) electrons. The summed E-state index contributed by atoms with van der Waals surface area (Å²) in [5, 5.41) is 1.35. The minimum absolute atomic E-state index is 0.216. The number of rotatable bonds is 5. The summed E-state index contributed by atoms with van der Waals surface area (Å²) >= 11 is 12.8. The Morgan fingerprint density at radius 2 is 1.77 bits per heavy atom. The molecule has 0 spiro atoms. The van der Waals surface area contributed by atoms with Crippen molar-refractivity contribution in [1.82, 2.24) is 4.90 Å². The Morgan fingerprint density at radius 3 is 2.32 bits per heavy atom. The largest absolute Gasteiger partial charge is 0.395 e. The highest BCUT2D eigenvalue weighted by molar-refractivity contribution is 6.48. The molecule has 6 heteroatoms. The van der Waals surface area contributed by atoms with Crippen molar-refractivity contribution in [2.45, 2.75) is 92.0 Å². The van der Waals surface area contributed by atoms with Crippen LogP contribution in [0.25, 0.3) is 0 Å². The minimum atomic E-state index is -0.945. The van der Waals surface area contributed by atoms with Crippen molar-refractivity contribution < 1.29 is 9.22 Å². The summed E-state index contributed by atoms with van der Waals surface area (Å²) in [6.45, 7) is 16.1. The molecule has 3 rings (SSSR count). The van der Waals surface area contributed by atoms with E-state index in [0.29, 0.717) is 27.8 Å². The van der Waals surface area contributed by atoms with Gasteiger partial charge in [-0.2, -0.15) is 0 Å². The van der Waals surface area contributed by atoms with Gasteiger partial charge in [-0.1, -0.05) is 57.0 Å². The lowest BCUT2D eigenvalue weighted by Gasteiger charge is -2.49. The van der Waals surface area contributed by atoms with Gasteiger partial charge < -0.3 is 9.33 Å². The lowest BCUT2D eigenvalue weighted by atomic mass is 9.70. The molecule has 1 aliphatic heterocycles. The number of carbonyl (C=O) groups is 1. The summed E-state index contributed by atoms with van der Waals surface area (Å²) in [6.07, 6.45) is 5.56. The van der Waals surface area contributed by atoms with Gasteiger partial charge in [0.15, 0.2) is 0 Å². The second-order valence-electron chi connectivity index (χ2n) is 11.2. The quantitative estimate of drug-likeness (QED) is 0.412. The molecule has 173 valence electrons. The first-order valence-corrected chi connectivity index (χ1v) is 14.7. The second-order valence-corrected chi connectivity index (χ2v) is 14.0. The lowest BCUT2D eigenvalue weighted by Crippen LogP contribution is -2.57. The van der Waals surface area contributed by atoms with E-state index in [2.05, 4.69) is 45.7 Å². The fourth-order valence-electron chi connectivity index (χ4n) is 5.46. The van der Waals surface area contributed by atoms with Crippen molar-refractivity contribution in [3.63, 3.8) is 0 Å². The topological polar surface area (TPSA) is 29.5 Å². The zero-order valence-corrected chi connectivity index (χ0v) is 22.7. The van der Waals surface area contributed by atoms with E-state index in [1.807, 2.05) is 19.1 Å². The predicted octanol–water partition coefficient (Wildman–Crippen LogP) is 7.28. The fourth-order valence-corrected chi connectivity index (χ4v) is 6.97. The molecular weight excluding hydrogens is 445 g/mol. The van der Waals surface area contributed by atoms with Crippen molar-refractivity contribution in [2.75, 3.05) is 6.54 Å². The molecule has 0 N–H and O–H groups in total. The molecule has 1 aliphatic carbocycles. The van der Waals surface area contributed by atoms with Crippen molar-refractivity contribution in [3.05, 3.63) is 33.3 Å². The van der Waals surface area contributed by atoms with Crippen LogP contribution >= 0.6 is 23.2 Å². The Bertz CT molecular complexity index is 828. The smallest absolute Gasteiger partial charge is 0.231 e. The van der Waals surface area contributed by atoms with Gasteiger partial charge in [-0.3, -0.25) is 4.79 Å². The molecule has 1 aromatic carbocycles. The molecule has 1 saturated carbocycles. The Kier molecular flexibility index (Phi) is 7.28. The Balaban J connectivity index is 1.84. The number of hydrogen-bond acceptors (Lipinski definition) is 2. The average Bonchev–Trinajstić information content (AvgIpc) is 2.97. The van der Waals surface area contributed by atoms with Crippen LogP contribution in [0.1, 0.15) is 70.9 Å². The van der Waals surface area contributed by atoms with Crippen molar-refractivity contribution in [3.8, 4) is 0 Å². The summed E-state index contributed by atoms with van der Waals surface area (Å²) < 4.78 is 6.66. The summed E-state index contributed by atoms with van der Waals surface area (Å²) in [6, 6.07) is 3.86. The van der Waals surface area contributed by atoms with Gasteiger partial charge in [0.1, 0.15) is 5.72 Å². The van der Waals surface area contributed by atoms with E-state index in [1.165, 1.54) is 0 Å². The molecule has 0 aromatic heterocycles. The number of nitrogens with zero attached hydrogens (tertiary/aromatic N) is 1. The van der Waals surface area contributed by atoms with Crippen LogP contribution in [0.4, 0.5) is 0 Å². The maximum atomic E-state index is 13.8. The number of carbonyl (C=O) groups excluding carboxylic acids is 1. The van der Waals surface area contributed by atoms with Crippen LogP contribution in [-0.2, 0) is 15.6 Å². The van der Waals surface area contributed by atoms with E-state index in [1.54, 1.807) is 0 Å². The normalized spacial score (nSPS) is 29.8. The second kappa shape index (κ2) is 9.00. The van der Waals surface area contributed by atoms with Crippen LogP contribution in [0.5, 0.6) is 0 Å². The molecule has 1 unspecified atom stereocenters. The highest BCUT2D eigenvalue weighted by Gasteiger charge is 2.53. The monoisotopic (exact) mass is 482 g/mol. The third-order valence-corrected chi connectivity index (χ3v) is 9.23. The molecule has 2 aliphatic rings. The fraction of sp³-hybridized carbons (Fsp3) is 0.720. The van der Waals surface area contributed by atoms with Crippen molar-refractivity contribution >= 4 is 38.1 Å². The van der Waals surface area contributed by atoms with E-state index >= 15 is 0 Å². The molecule has 1 heterocycles. The zero-order valence-electron chi connectivity index (χ0n) is 20.2. The third-order valence-electron chi connectivity index (χ3n) is 7.51. The first-order chi connectivity index (χ1) is 14.3. The molecule has 1 saturated heterocycles. The maximum Gasteiger partial charge on any atom is 0.231 e. The maximum absolute atomic E-state index is 13.8. The Morgan fingerprint density at radius 1 is 1.16 bits per heavy atom. The van der Waals surface area contributed by atoms with Gasteiger partial charge in [-0.15, -0.1) is 0 Å². The summed E-state index contributed by atoms with van der Waals surface area (Å²) in [5.74, 6) is 0.891.